The molecule has 2 aromatic carbocycles. The molecule has 1 fully saturated rings. The summed E-state index contributed by atoms with van der Waals surface area (Å²) >= 11 is 0. The number of alkyl carbamates (subject to hydrolysis) is 1. The van der Waals surface area contributed by atoms with Gasteiger partial charge in [-0.3, -0.25) is 13.8 Å². The smallest absolute Gasteiger partial charge is 0.407 e. The molecule has 4 bridgehead atoms. The molecular weight excluding hydrogens is 730 g/mol. The Hall–Kier alpha value is -5.32. The standard InChI is InChI=1S/C39H42FN7O7S/c1-38(2,3)54-36(48)42-27-18-24-19-29(27)53-17-16-39(4,50)23-14-12-22(13-15-23)30-31-33-28(45(6)37(49)46(24)33)20-41-35(31)47(32(30)26-21-44(5)43-34(26)40)55(51,52)25-10-8-7-9-11-25/h7-15,20-21,24,27,29,50H,16-19H2,1-6H3,(H,42,48)/t24-,27-,29+,39?/m0/s1. The number of nitrogens with zero attached hydrogens (tertiary/aromatic N) is 6. The normalized spacial score (nSPS) is 21.6. The number of carbonyl (C=O) groups is 1. The zero-order valence-electron chi connectivity index (χ0n) is 31.3. The van der Waals surface area contributed by atoms with E-state index in [1.54, 1.807) is 81.8 Å². The van der Waals surface area contributed by atoms with E-state index in [-0.39, 0.29) is 47.7 Å². The number of hydrogen-bond acceptors (Lipinski definition) is 9. The molecule has 2 aliphatic heterocycles. The lowest BCUT2D eigenvalue weighted by molar-refractivity contribution is -0.0211. The molecule has 0 radical (unpaired) electrons. The van der Waals surface area contributed by atoms with Crippen molar-refractivity contribution in [1.82, 2.24) is 33.2 Å². The number of halogens is 1. The largest absolute Gasteiger partial charge is 0.444 e. The van der Waals surface area contributed by atoms with Crippen LogP contribution in [-0.4, -0.2) is 71.8 Å². The fourth-order valence-corrected chi connectivity index (χ4v) is 9.49. The number of benzene rings is 2. The lowest BCUT2D eigenvalue weighted by Gasteiger charge is -2.27. The van der Waals surface area contributed by atoms with E-state index in [1.807, 2.05) is 0 Å². The van der Waals surface area contributed by atoms with Crippen molar-refractivity contribution < 1.29 is 32.2 Å². The minimum atomic E-state index is -4.48. The second-order valence-corrected chi connectivity index (χ2v) is 17.4. The van der Waals surface area contributed by atoms with Crippen LogP contribution in [0.15, 0.2) is 76.7 Å². The van der Waals surface area contributed by atoms with Crippen LogP contribution in [0.3, 0.4) is 0 Å². The molecular formula is C39H42FN7O7S. The van der Waals surface area contributed by atoms with E-state index in [4.69, 9.17) is 14.5 Å². The number of rotatable bonds is 4. The highest BCUT2D eigenvalue weighted by Gasteiger charge is 2.41. The summed E-state index contributed by atoms with van der Waals surface area (Å²) in [6.45, 7) is 7.11. The number of amides is 1. The first-order valence-corrected chi connectivity index (χ1v) is 19.5. The van der Waals surface area contributed by atoms with Gasteiger partial charge in [0.05, 0.1) is 63.1 Å². The average molecular weight is 772 g/mol. The lowest BCUT2D eigenvalue weighted by Crippen LogP contribution is -2.44. The van der Waals surface area contributed by atoms with Crippen LogP contribution in [-0.2, 0) is 39.2 Å². The highest BCUT2D eigenvalue weighted by Crippen LogP contribution is 2.47. The van der Waals surface area contributed by atoms with Crippen LogP contribution in [0, 0.1) is 5.95 Å². The van der Waals surface area contributed by atoms with Gasteiger partial charge in [0.2, 0.25) is 5.95 Å². The van der Waals surface area contributed by atoms with Crippen molar-refractivity contribution in [3.05, 3.63) is 89.0 Å². The van der Waals surface area contributed by atoms with Crippen molar-refractivity contribution in [2.45, 2.75) is 81.2 Å². The van der Waals surface area contributed by atoms with Crippen LogP contribution in [0.1, 0.15) is 58.6 Å². The number of imidazole rings is 1. The summed E-state index contributed by atoms with van der Waals surface area (Å²) in [5.41, 5.74) is -0.515. The molecule has 14 nitrogen and oxygen atoms in total. The molecule has 6 aromatic rings. The first-order chi connectivity index (χ1) is 26.0. The van der Waals surface area contributed by atoms with Crippen LogP contribution in [0.25, 0.3) is 44.5 Å². The van der Waals surface area contributed by atoms with E-state index in [0.717, 1.165) is 3.97 Å². The SMILES string of the molecule is Cn1cc(-c2c3c4c(ncc5c4n(c(=O)n5C)[C@H]4C[C@H](NC(=O)OC(C)(C)C)[C@@H](C4)OCCC(C)(O)c4ccc-3cc4)n2S(=O)(=O)c2ccccc2)c(F)n1. The molecule has 1 aliphatic carbocycles. The average Bonchev–Trinajstić information content (AvgIpc) is 3.84. The Balaban J connectivity index is 1.49. The van der Waals surface area contributed by atoms with Crippen LogP contribution < -0.4 is 11.0 Å². The maximum Gasteiger partial charge on any atom is 0.407 e. The molecule has 288 valence electrons. The molecule has 55 heavy (non-hydrogen) atoms. The number of carbonyl (C=O) groups excluding carboxylic acids is 1. The van der Waals surface area contributed by atoms with Gasteiger partial charge in [0, 0.05) is 38.3 Å². The first kappa shape index (κ1) is 36.6. The van der Waals surface area contributed by atoms with E-state index in [2.05, 4.69) is 10.4 Å². The van der Waals surface area contributed by atoms with Crippen molar-refractivity contribution in [3.63, 3.8) is 0 Å². The third-order valence-electron chi connectivity index (χ3n) is 10.6. The summed E-state index contributed by atoms with van der Waals surface area (Å²) in [7, 11) is -1.33. The molecule has 16 heteroatoms. The van der Waals surface area contributed by atoms with Gasteiger partial charge in [0.25, 0.3) is 10.0 Å². The number of aryl methyl sites for hydroxylation is 2. The fourth-order valence-electron chi connectivity index (χ4n) is 7.99. The Morgan fingerprint density at radius 1 is 1.09 bits per heavy atom. The predicted molar refractivity (Wildman–Crippen MR) is 202 cm³/mol. The zero-order valence-corrected chi connectivity index (χ0v) is 32.1. The zero-order chi connectivity index (χ0) is 39.2. The number of aliphatic hydroxyl groups is 1. The Bertz CT molecular complexity index is 2650. The summed E-state index contributed by atoms with van der Waals surface area (Å²) in [5.74, 6) is -0.907. The lowest BCUT2D eigenvalue weighted by atomic mass is 9.90. The Morgan fingerprint density at radius 2 is 1.80 bits per heavy atom. The van der Waals surface area contributed by atoms with E-state index in [1.165, 1.54) is 40.8 Å². The molecule has 2 N–H and O–H groups in total. The van der Waals surface area contributed by atoms with Gasteiger partial charge in [0.1, 0.15) is 5.60 Å². The molecule has 1 unspecified atom stereocenters. The molecule has 4 atom stereocenters. The molecule has 6 heterocycles. The van der Waals surface area contributed by atoms with E-state index >= 15 is 4.39 Å². The quantitative estimate of drug-likeness (QED) is 0.240. The second kappa shape index (κ2) is 12.9. The number of fused-ring (bicyclic) bond motifs is 5. The van der Waals surface area contributed by atoms with E-state index in [9.17, 15) is 23.1 Å². The van der Waals surface area contributed by atoms with Crippen LogP contribution in [0.4, 0.5) is 9.18 Å². The maximum absolute atomic E-state index is 16.1. The number of pyridine rings is 1. The summed E-state index contributed by atoms with van der Waals surface area (Å²) in [6, 6.07) is 13.6. The minimum absolute atomic E-state index is 0.0291. The van der Waals surface area contributed by atoms with Gasteiger partial charge < -0.3 is 19.9 Å². The first-order valence-electron chi connectivity index (χ1n) is 18.0. The number of ether oxygens (including phenoxy) is 2. The molecule has 3 aliphatic rings. The van der Waals surface area contributed by atoms with Gasteiger partial charge in [-0.05, 0) is 63.8 Å². The van der Waals surface area contributed by atoms with Crippen LogP contribution >= 0.6 is 0 Å². The van der Waals surface area contributed by atoms with Gasteiger partial charge in [-0.15, -0.1) is 5.10 Å². The topological polar surface area (TPSA) is 164 Å². The fraction of sp³-hybridized carbons (Fsp3) is 0.385. The summed E-state index contributed by atoms with van der Waals surface area (Å²) in [5, 5.41) is 18.9. The number of nitrogens with one attached hydrogen (secondary N) is 1. The molecule has 0 spiro atoms. The summed E-state index contributed by atoms with van der Waals surface area (Å²) in [6.07, 6.45) is 2.39. The van der Waals surface area contributed by atoms with Crippen molar-refractivity contribution in [2.75, 3.05) is 6.61 Å². The third kappa shape index (κ3) is 6.12. The monoisotopic (exact) mass is 771 g/mol. The predicted octanol–water partition coefficient (Wildman–Crippen LogP) is 5.36. The van der Waals surface area contributed by atoms with Crippen LogP contribution in [0.5, 0.6) is 0 Å². The molecule has 9 rings (SSSR count). The van der Waals surface area contributed by atoms with Crippen molar-refractivity contribution in [3.8, 4) is 22.4 Å². The van der Waals surface area contributed by atoms with Crippen LogP contribution in [0.2, 0.25) is 0 Å². The van der Waals surface area contributed by atoms with E-state index in [0.29, 0.717) is 33.1 Å². The minimum Gasteiger partial charge on any atom is -0.444 e. The summed E-state index contributed by atoms with van der Waals surface area (Å²) < 4.78 is 63.1. The Labute approximate surface area is 316 Å². The van der Waals surface area contributed by atoms with Gasteiger partial charge in [-0.1, -0.05) is 42.5 Å². The molecule has 1 saturated carbocycles. The van der Waals surface area contributed by atoms with Gasteiger partial charge in [-0.2, -0.15) is 4.39 Å². The van der Waals surface area contributed by atoms with Gasteiger partial charge in [-0.25, -0.2) is 27.0 Å². The van der Waals surface area contributed by atoms with Gasteiger partial charge >= 0.3 is 11.8 Å². The number of hydrogen-bond donors (Lipinski definition) is 2. The van der Waals surface area contributed by atoms with Gasteiger partial charge in [0.15, 0.2) is 5.65 Å². The van der Waals surface area contributed by atoms with E-state index < -0.39 is 57.1 Å². The highest BCUT2D eigenvalue weighted by atomic mass is 32.2. The summed E-state index contributed by atoms with van der Waals surface area (Å²) in [4.78, 5) is 32.2. The number of aromatic nitrogens is 6. The molecule has 4 aromatic heterocycles. The van der Waals surface area contributed by atoms with Crippen molar-refractivity contribution in [1.29, 1.82) is 0 Å². The second-order valence-electron chi connectivity index (χ2n) is 15.6. The Kier molecular flexibility index (Phi) is 8.58. The highest BCUT2D eigenvalue weighted by molar-refractivity contribution is 7.90. The maximum atomic E-state index is 16.1. The van der Waals surface area contributed by atoms with Crippen molar-refractivity contribution >= 4 is 38.2 Å². The third-order valence-corrected chi connectivity index (χ3v) is 12.3. The van der Waals surface area contributed by atoms with Crippen molar-refractivity contribution in [2.24, 2.45) is 14.1 Å². The molecule has 0 saturated heterocycles. The Morgan fingerprint density at radius 3 is 2.45 bits per heavy atom. The molecule has 1 amide bonds.